The molecule has 4 heteroatoms. The van der Waals surface area contributed by atoms with Gasteiger partial charge in [-0.2, -0.15) is 0 Å². The summed E-state index contributed by atoms with van der Waals surface area (Å²) in [6, 6.07) is 0. The number of halogens is 1. The van der Waals surface area contributed by atoms with Crippen molar-refractivity contribution in [1.29, 1.82) is 0 Å². The molecule has 3 nitrogen and oxygen atoms in total. The Hall–Kier alpha value is -1.52. The summed E-state index contributed by atoms with van der Waals surface area (Å²) in [5.74, 6) is 0.373. The molecule has 2 N–H and O–H groups in total. The number of hydrogen-bond donors (Lipinski definition) is 2. The van der Waals surface area contributed by atoms with E-state index in [1.165, 1.54) is 11.1 Å². The summed E-state index contributed by atoms with van der Waals surface area (Å²) in [6.07, 6.45) is 14.8. The Morgan fingerprint density at radius 2 is 2.03 bits per heavy atom. The molecule has 0 spiro atoms. The summed E-state index contributed by atoms with van der Waals surface area (Å²) in [5, 5.41) is 20.4. The van der Waals surface area contributed by atoms with Gasteiger partial charge in [-0.05, 0) is 62.2 Å². The molecule has 178 valence electrons. The predicted molar refractivity (Wildman–Crippen MR) is 128 cm³/mol. The van der Waals surface area contributed by atoms with Crippen LogP contribution in [0.5, 0.6) is 0 Å². The second kappa shape index (κ2) is 10.2. The van der Waals surface area contributed by atoms with Gasteiger partial charge in [-0.25, -0.2) is 4.39 Å². The van der Waals surface area contributed by atoms with Crippen molar-refractivity contribution in [2.75, 3.05) is 0 Å². The molecule has 2 fully saturated rings. The lowest BCUT2D eigenvalue weighted by Crippen LogP contribution is -2.33. The number of carbonyl (C=O) groups is 1. The van der Waals surface area contributed by atoms with Gasteiger partial charge < -0.3 is 10.2 Å². The van der Waals surface area contributed by atoms with E-state index in [1.807, 2.05) is 26.0 Å². The van der Waals surface area contributed by atoms with Gasteiger partial charge in [0.2, 0.25) is 0 Å². The number of hydrogen-bond acceptors (Lipinski definition) is 3. The molecule has 0 aromatic carbocycles. The second-order valence-electron chi connectivity index (χ2n) is 10.4. The Morgan fingerprint density at radius 1 is 1.31 bits per heavy atom. The molecule has 3 rings (SSSR count). The highest BCUT2D eigenvalue weighted by atomic mass is 19.1. The topological polar surface area (TPSA) is 57.5 Å². The molecule has 5 unspecified atom stereocenters. The number of aliphatic hydroxyl groups is 2. The van der Waals surface area contributed by atoms with E-state index >= 15 is 0 Å². The van der Waals surface area contributed by atoms with Gasteiger partial charge in [0.1, 0.15) is 0 Å². The van der Waals surface area contributed by atoms with Crippen molar-refractivity contribution in [1.82, 2.24) is 0 Å². The van der Waals surface area contributed by atoms with Crippen molar-refractivity contribution in [3.8, 4) is 0 Å². The minimum atomic E-state index is -1.58. The first-order valence-corrected chi connectivity index (χ1v) is 12.5. The quantitative estimate of drug-likeness (QED) is 0.365. The normalized spacial score (nSPS) is 34.9. The zero-order valence-corrected chi connectivity index (χ0v) is 20.2. The fourth-order valence-corrected chi connectivity index (χ4v) is 6.06. The molecule has 3 aliphatic rings. The highest BCUT2D eigenvalue weighted by Crippen LogP contribution is 2.56. The molecule has 3 aliphatic carbocycles. The summed E-state index contributed by atoms with van der Waals surface area (Å²) in [5.41, 5.74) is 2.68. The Kier molecular flexibility index (Phi) is 7.98. The van der Waals surface area contributed by atoms with E-state index in [1.54, 1.807) is 6.08 Å². The van der Waals surface area contributed by atoms with Crippen molar-refractivity contribution in [3.63, 3.8) is 0 Å². The number of alkyl halides is 1. The zero-order chi connectivity index (χ0) is 23.5. The van der Waals surface area contributed by atoms with Crippen LogP contribution in [0.2, 0.25) is 0 Å². The van der Waals surface area contributed by atoms with Crippen LogP contribution < -0.4 is 0 Å². The van der Waals surface area contributed by atoms with E-state index in [4.69, 9.17) is 0 Å². The SMILES string of the molecule is CCC(O)(/C=C/CC(C)C1=CCC2/C(=C\C=C3/CC(O)CC(F)C3=O)CCCC12C)CC. The lowest BCUT2D eigenvalue weighted by Gasteiger charge is -2.42. The third kappa shape index (κ3) is 5.17. The molecule has 0 saturated heterocycles. The molecule has 32 heavy (non-hydrogen) atoms. The molecular weight excluding hydrogens is 403 g/mol. The first kappa shape index (κ1) is 25.1. The minimum Gasteiger partial charge on any atom is -0.393 e. The van der Waals surface area contributed by atoms with Gasteiger partial charge in [0.15, 0.2) is 12.0 Å². The van der Waals surface area contributed by atoms with Crippen molar-refractivity contribution in [2.45, 2.75) is 103 Å². The smallest absolute Gasteiger partial charge is 0.193 e. The number of Topliss-reactive ketones (excluding diaryl/α,β-unsaturated/α-hetero) is 1. The Balaban J connectivity index is 1.73. The average molecular weight is 445 g/mol. The summed E-state index contributed by atoms with van der Waals surface area (Å²) in [7, 11) is 0. The van der Waals surface area contributed by atoms with Crippen molar-refractivity contribution in [2.24, 2.45) is 17.3 Å². The lowest BCUT2D eigenvalue weighted by molar-refractivity contribution is -0.123. The maximum absolute atomic E-state index is 13.9. The molecule has 0 aromatic heterocycles. The van der Waals surface area contributed by atoms with Gasteiger partial charge in [0.25, 0.3) is 0 Å². The Bertz CT molecular complexity index is 817. The van der Waals surface area contributed by atoms with E-state index in [0.29, 0.717) is 17.4 Å². The van der Waals surface area contributed by atoms with E-state index < -0.39 is 23.7 Å². The van der Waals surface area contributed by atoms with Crippen LogP contribution in [0.25, 0.3) is 0 Å². The van der Waals surface area contributed by atoms with Gasteiger partial charge in [-0.15, -0.1) is 0 Å². The molecule has 0 aliphatic heterocycles. The van der Waals surface area contributed by atoms with Crippen LogP contribution in [0, 0.1) is 17.3 Å². The fraction of sp³-hybridized carbons (Fsp3) is 0.679. The van der Waals surface area contributed by atoms with E-state index in [-0.39, 0.29) is 18.3 Å². The second-order valence-corrected chi connectivity index (χ2v) is 10.4. The third-order valence-corrected chi connectivity index (χ3v) is 8.32. The monoisotopic (exact) mass is 444 g/mol. The molecule has 0 amide bonds. The lowest BCUT2D eigenvalue weighted by atomic mass is 9.62. The Labute approximate surface area is 193 Å². The molecule has 0 bridgehead atoms. The molecule has 0 aromatic rings. The highest BCUT2D eigenvalue weighted by Gasteiger charge is 2.45. The molecule has 2 saturated carbocycles. The Morgan fingerprint density at radius 3 is 2.72 bits per heavy atom. The van der Waals surface area contributed by atoms with Gasteiger partial charge in [0.05, 0.1) is 11.7 Å². The van der Waals surface area contributed by atoms with Gasteiger partial charge in [-0.1, -0.05) is 69.2 Å². The van der Waals surface area contributed by atoms with E-state index in [2.05, 4.69) is 26.0 Å². The van der Waals surface area contributed by atoms with Crippen molar-refractivity contribution >= 4 is 5.78 Å². The van der Waals surface area contributed by atoms with Crippen LogP contribution in [-0.4, -0.2) is 33.9 Å². The summed E-state index contributed by atoms with van der Waals surface area (Å²) in [4.78, 5) is 12.2. The summed E-state index contributed by atoms with van der Waals surface area (Å²) >= 11 is 0. The first-order chi connectivity index (χ1) is 15.1. The maximum Gasteiger partial charge on any atom is 0.193 e. The van der Waals surface area contributed by atoms with Gasteiger partial charge in [0, 0.05) is 18.4 Å². The number of ketones is 1. The van der Waals surface area contributed by atoms with Crippen LogP contribution in [-0.2, 0) is 4.79 Å². The third-order valence-electron chi connectivity index (χ3n) is 8.32. The molecular formula is C28H41FO3. The number of fused-ring (bicyclic) bond motifs is 1. The van der Waals surface area contributed by atoms with Crippen LogP contribution in [0.4, 0.5) is 4.39 Å². The van der Waals surface area contributed by atoms with Crippen LogP contribution in [0.3, 0.4) is 0 Å². The number of aliphatic hydroxyl groups excluding tert-OH is 1. The van der Waals surface area contributed by atoms with Crippen LogP contribution in [0.15, 0.2) is 47.1 Å². The van der Waals surface area contributed by atoms with E-state index in [0.717, 1.165) is 44.9 Å². The maximum atomic E-state index is 13.9. The average Bonchev–Trinajstić information content (AvgIpc) is 3.12. The molecule has 0 heterocycles. The van der Waals surface area contributed by atoms with E-state index in [9.17, 15) is 19.4 Å². The summed E-state index contributed by atoms with van der Waals surface area (Å²) < 4.78 is 13.9. The fourth-order valence-electron chi connectivity index (χ4n) is 6.06. The van der Waals surface area contributed by atoms with Crippen LogP contribution >= 0.6 is 0 Å². The first-order valence-electron chi connectivity index (χ1n) is 12.5. The number of rotatable bonds is 7. The van der Waals surface area contributed by atoms with Crippen molar-refractivity contribution < 1.29 is 19.4 Å². The highest BCUT2D eigenvalue weighted by molar-refractivity contribution is 5.99. The zero-order valence-electron chi connectivity index (χ0n) is 20.2. The van der Waals surface area contributed by atoms with Gasteiger partial charge in [-0.3, -0.25) is 4.79 Å². The molecule has 0 radical (unpaired) electrons. The van der Waals surface area contributed by atoms with Crippen molar-refractivity contribution in [3.05, 3.63) is 47.1 Å². The predicted octanol–water partition coefficient (Wildman–Crippen LogP) is 6.17. The van der Waals surface area contributed by atoms with Crippen LogP contribution in [0.1, 0.15) is 85.5 Å². The summed E-state index contributed by atoms with van der Waals surface area (Å²) in [6.45, 7) is 8.69. The largest absolute Gasteiger partial charge is 0.393 e. The standard InChI is InChI=1S/C28H41FO3/c1-5-28(32,6-2)16-7-9-19(3)23-13-14-24-20(10-8-15-27(23,24)4)11-12-21-17-22(30)18-25(29)26(21)31/h7,11-13,16,19,22,24-25,30,32H,5-6,8-10,14-15,17-18H2,1-4H3/b16-7+,20-11-,21-12+. The van der Waals surface area contributed by atoms with Gasteiger partial charge >= 0.3 is 0 Å². The minimum absolute atomic E-state index is 0.0824. The number of allylic oxidation sites excluding steroid dienone is 6. The molecule has 5 atom stereocenters. The number of carbonyl (C=O) groups excluding carboxylic acids is 1.